The Morgan fingerprint density at radius 2 is 2.00 bits per heavy atom. The molecular formula is C14H22N2O. The van der Waals surface area contributed by atoms with Crippen molar-refractivity contribution in [1.29, 1.82) is 0 Å². The van der Waals surface area contributed by atoms with Gasteiger partial charge in [-0.25, -0.2) is 0 Å². The van der Waals surface area contributed by atoms with Gasteiger partial charge in [0.25, 0.3) is 5.91 Å². The number of hydrogen-bond donors (Lipinski definition) is 2. The lowest BCUT2D eigenvalue weighted by Gasteiger charge is -2.31. The van der Waals surface area contributed by atoms with E-state index in [2.05, 4.69) is 5.32 Å². The zero-order valence-corrected chi connectivity index (χ0v) is 10.9. The number of aryl methyl sites for hydroxylation is 1. The van der Waals surface area contributed by atoms with Crippen LogP contribution in [0.25, 0.3) is 0 Å². The Kier molecular flexibility index (Phi) is 4.70. The third-order valence-corrected chi connectivity index (χ3v) is 3.40. The van der Waals surface area contributed by atoms with E-state index in [1.807, 2.05) is 45.0 Å². The summed E-state index contributed by atoms with van der Waals surface area (Å²) in [4.78, 5) is 12.1. The molecule has 0 spiro atoms. The smallest absolute Gasteiger partial charge is 0.251 e. The predicted molar refractivity (Wildman–Crippen MR) is 71.0 cm³/mol. The molecule has 1 amide bonds. The van der Waals surface area contributed by atoms with Gasteiger partial charge < -0.3 is 11.1 Å². The number of rotatable bonds is 5. The van der Waals surface area contributed by atoms with Crippen molar-refractivity contribution in [2.45, 2.75) is 39.2 Å². The fourth-order valence-electron chi connectivity index (χ4n) is 1.87. The molecule has 0 radical (unpaired) electrons. The van der Waals surface area contributed by atoms with Crippen molar-refractivity contribution >= 4 is 5.91 Å². The monoisotopic (exact) mass is 234 g/mol. The van der Waals surface area contributed by atoms with Gasteiger partial charge >= 0.3 is 0 Å². The van der Waals surface area contributed by atoms with Crippen LogP contribution in [-0.2, 0) is 0 Å². The summed E-state index contributed by atoms with van der Waals surface area (Å²) in [6, 6.07) is 7.59. The Morgan fingerprint density at radius 3 is 2.47 bits per heavy atom. The molecule has 3 nitrogen and oxygen atoms in total. The van der Waals surface area contributed by atoms with Gasteiger partial charge in [-0.15, -0.1) is 0 Å². The maximum Gasteiger partial charge on any atom is 0.251 e. The highest BCUT2D eigenvalue weighted by Gasteiger charge is 2.26. The zero-order chi connectivity index (χ0) is 12.9. The van der Waals surface area contributed by atoms with E-state index in [4.69, 9.17) is 5.73 Å². The van der Waals surface area contributed by atoms with E-state index in [0.717, 1.165) is 18.4 Å². The van der Waals surface area contributed by atoms with Gasteiger partial charge in [0, 0.05) is 12.1 Å². The van der Waals surface area contributed by atoms with Gasteiger partial charge in [0.2, 0.25) is 0 Å². The summed E-state index contributed by atoms with van der Waals surface area (Å²) in [6.45, 7) is 6.55. The number of benzene rings is 1. The topological polar surface area (TPSA) is 55.1 Å². The largest absolute Gasteiger partial charge is 0.345 e. The van der Waals surface area contributed by atoms with E-state index >= 15 is 0 Å². The minimum atomic E-state index is -0.277. The highest BCUT2D eigenvalue weighted by Crippen LogP contribution is 2.14. The van der Waals surface area contributed by atoms with Crippen molar-refractivity contribution in [1.82, 2.24) is 5.32 Å². The first-order chi connectivity index (χ1) is 8.06. The molecule has 94 valence electrons. The van der Waals surface area contributed by atoms with Crippen LogP contribution in [0.5, 0.6) is 0 Å². The molecule has 0 aromatic heterocycles. The highest BCUT2D eigenvalue weighted by atomic mass is 16.1. The van der Waals surface area contributed by atoms with Crippen LogP contribution in [0.4, 0.5) is 0 Å². The maximum absolute atomic E-state index is 12.1. The number of hydrogen-bond acceptors (Lipinski definition) is 2. The lowest BCUT2D eigenvalue weighted by atomic mass is 9.92. The molecule has 0 aliphatic rings. The number of amides is 1. The molecule has 17 heavy (non-hydrogen) atoms. The number of carbonyl (C=O) groups excluding carboxylic acids is 1. The molecule has 0 fully saturated rings. The first kappa shape index (κ1) is 13.7. The van der Waals surface area contributed by atoms with Crippen molar-refractivity contribution in [3.05, 3.63) is 35.4 Å². The Morgan fingerprint density at radius 1 is 1.35 bits per heavy atom. The van der Waals surface area contributed by atoms with Crippen LogP contribution in [0.15, 0.2) is 24.3 Å². The predicted octanol–water partition coefficient (Wildman–Crippen LogP) is 2.24. The lowest BCUT2D eigenvalue weighted by Crippen LogP contribution is -2.52. The third kappa shape index (κ3) is 3.30. The van der Waals surface area contributed by atoms with E-state index in [0.29, 0.717) is 12.1 Å². The van der Waals surface area contributed by atoms with E-state index < -0.39 is 0 Å². The van der Waals surface area contributed by atoms with Gasteiger partial charge in [-0.05, 0) is 31.9 Å². The zero-order valence-electron chi connectivity index (χ0n) is 10.9. The van der Waals surface area contributed by atoms with Crippen LogP contribution in [-0.4, -0.2) is 18.0 Å². The molecule has 0 heterocycles. The molecular weight excluding hydrogens is 212 g/mol. The van der Waals surface area contributed by atoms with Crippen LogP contribution in [0, 0.1) is 6.92 Å². The third-order valence-electron chi connectivity index (χ3n) is 3.40. The molecule has 1 aromatic rings. The Hall–Kier alpha value is -1.35. The van der Waals surface area contributed by atoms with E-state index in [1.54, 1.807) is 0 Å². The van der Waals surface area contributed by atoms with E-state index in [1.165, 1.54) is 0 Å². The molecule has 0 unspecified atom stereocenters. The number of nitrogens with two attached hydrogens (primary N) is 1. The number of carbonyl (C=O) groups is 1. The van der Waals surface area contributed by atoms with Gasteiger partial charge in [0.15, 0.2) is 0 Å². The Bertz CT molecular complexity index is 375. The first-order valence-corrected chi connectivity index (χ1v) is 6.16. The summed E-state index contributed by atoms with van der Waals surface area (Å²) in [5.74, 6) is -0.0390. The molecule has 3 N–H and O–H groups in total. The molecule has 1 rings (SSSR count). The van der Waals surface area contributed by atoms with Gasteiger partial charge in [-0.1, -0.05) is 31.5 Å². The van der Waals surface area contributed by atoms with Gasteiger partial charge in [0.1, 0.15) is 0 Å². The van der Waals surface area contributed by atoms with Gasteiger partial charge in [-0.3, -0.25) is 4.79 Å². The normalized spacial score (nSPS) is 11.3. The second-order valence-corrected chi connectivity index (χ2v) is 4.52. The minimum absolute atomic E-state index is 0.0390. The summed E-state index contributed by atoms with van der Waals surface area (Å²) < 4.78 is 0. The number of nitrogens with one attached hydrogen (secondary N) is 1. The van der Waals surface area contributed by atoms with Gasteiger partial charge in [-0.2, -0.15) is 0 Å². The Labute approximate surface area is 103 Å². The molecule has 0 saturated carbocycles. The molecule has 1 aromatic carbocycles. The van der Waals surface area contributed by atoms with Crippen molar-refractivity contribution in [2.75, 3.05) is 6.54 Å². The SMILES string of the molecule is CCC(CC)(CN)NC(=O)c1cccc(C)c1. The summed E-state index contributed by atoms with van der Waals surface area (Å²) in [5.41, 5.74) is 7.28. The molecule has 0 saturated heterocycles. The summed E-state index contributed by atoms with van der Waals surface area (Å²) in [6.07, 6.45) is 1.69. The van der Waals surface area contributed by atoms with Crippen LogP contribution in [0.2, 0.25) is 0 Å². The van der Waals surface area contributed by atoms with Crippen LogP contribution < -0.4 is 11.1 Å². The molecule has 0 atom stereocenters. The minimum Gasteiger partial charge on any atom is -0.345 e. The Balaban J connectivity index is 2.84. The quantitative estimate of drug-likeness (QED) is 0.821. The fraction of sp³-hybridized carbons (Fsp3) is 0.500. The average molecular weight is 234 g/mol. The van der Waals surface area contributed by atoms with E-state index in [-0.39, 0.29) is 11.4 Å². The molecule has 0 bridgehead atoms. The highest BCUT2D eigenvalue weighted by molar-refractivity contribution is 5.94. The summed E-state index contributed by atoms with van der Waals surface area (Å²) in [5, 5.41) is 3.06. The van der Waals surface area contributed by atoms with Crippen molar-refractivity contribution in [2.24, 2.45) is 5.73 Å². The molecule has 0 aliphatic carbocycles. The first-order valence-electron chi connectivity index (χ1n) is 6.16. The fourth-order valence-corrected chi connectivity index (χ4v) is 1.87. The van der Waals surface area contributed by atoms with Crippen molar-refractivity contribution < 1.29 is 4.79 Å². The van der Waals surface area contributed by atoms with Crippen molar-refractivity contribution in [3.8, 4) is 0 Å². The van der Waals surface area contributed by atoms with E-state index in [9.17, 15) is 4.79 Å². The van der Waals surface area contributed by atoms with Gasteiger partial charge in [0.05, 0.1) is 5.54 Å². The standard InChI is InChI=1S/C14H22N2O/c1-4-14(5-2,10-15)16-13(17)12-8-6-7-11(3)9-12/h6-9H,4-5,10,15H2,1-3H3,(H,16,17). The second kappa shape index (κ2) is 5.82. The van der Waals surface area contributed by atoms with Crippen LogP contribution in [0.3, 0.4) is 0 Å². The lowest BCUT2D eigenvalue weighted by molar-refractivity contribution is 0.0895. The second-order valence-electron chi connectivity index (χ2n) is 4.52. The van der Waals surface area contributed by atoms with Crippen molar-refractivity contribution in [3.63, 3.8) is 0 Å². The summed E-state index contributed by atoms with van der Waals surface area (Å²) in [7, 11) is 0. The maximum atomic E-state index is 12.1. The molecule has 0 aliphatic heterocycles. The molecule has 3 heteroatoms. The van der Waals surface area contributed by atoms with Crippen LogP contribution >= 0.6 is 0 Å². The van der Waals surface area contributed by atoms with Crippen LogP contribution in [0.1, 0.15) is 42.6 Å². The summed E-state index contributed by atoms with van der Waals surface area (Å²) >= 11 is 0. The average Bonchev–Trinajstić information content (AvgIpc) is 2.36.